The molecule has 6 nitrogen and oxygen atoms in total. The quantitative estimate of drug-likeness (QED) is 0.265. The zero-order valence-corrected chi connectivity index (χ0v) is 12.6. The molecule has 0 aromatic rings. The summed E-state index contributed by atoms with van der Waals surface area (Å²) in [5.41, 5.74) is -1.77. The van der Waals surface area contributed by atoms with Crippen LogP contribution in [0.25, 0.3) is 0 Å². The smallest absolute Gasteiger partial charge is 0.612 e. The largest absolute Gasteiger partial charge is 1.00 e. The minimum atomic E-state index is -1.00. The van der Waals surface area contributed by atoms with Crippen LogP contribution in [0.15, 0.2) is 20.8 Å². The molecule has 0 saturated carbocycles. The SMILES string of the molecule is O=[N+]([O-])C1=C(Cl)C(Cl)=C(Cl)C1=[N+]([O-])[O-].[K+]. The van der Waals surface area contributed by atoms with Gasteiger partial charge in [-0.1, -0.05) is 34.8 Å². The third kappa shape index (κ3) is 2.86. The fourth-order valence-corrected chi connectivity index (χ4v) is 1.58. The Morgan fingerprint density at radius 3 is 1.67 bits per heavy atom. The Hall–Kier alpha value is 0.656. The van der Waals surface area contributed by atoms with Crippen molar-refractivity contribution in [3.63, 3.8) is 0 Å². The minimum Gasteiger partial charge on any atom is -0.612 e. The second-order valence-electron chi connectivity index (χ2n) is 2.15. The summed E-state index contributed by atoms with van der Waals surface area (Å²) in [5, 5.41) is 29.8. The van der Waals surface area contributed by atoms with E-state index in [1.807, 2.05) is 0 Å². The van der Waals surface area contributed by atoms with E-state index in [2.05, 4.69) is 0 Å². The van der Waals surface area contributed by atoms with Crippen molar-refractivity contribution in [1.82, 2.24) is 0 Å². The third-order valence-corrected chi connectivity index (χ3v) is 2.70. The number of hydrogen-bond donors (Lipinski definition) is 0. The maximum absolute atomic E-state index is 10.4. The van der Waals surface area contributed by atoms with Crippen LogP contribution in [0.5, 0.6) is 0 Å². The van der Waals surface area contributed by atoms with Gasteiger partial charge in [-0.15, -0.1) is 0 Å². The predicted molar refractivity (Wildman–Crippen MR) is 50.6 cm³/mol. The van der Waals surface area contributed by atoms with Gasteiger partial charge in [-0.3, -0.25) is 10.1 Å². The third-order valence-electron chi connectivity index (χ3n) is 1.39. The van der Waals surface area contributed by atoms with E-state index in [1.54, 1.807) is 0 Å². The molecule has 0 saturated heterocycles. The molecular formula is C5Cl3KN2O4. The van der Waals surface area contributed by atoms with Crippen LogP contribution in [0, 0.1) is 20.5 Å². The summed E-state index contributed by atoms with van der Waals surface area (Å²) in [7, 11) is 0. The van der Waals surface area contributed by atoms with Crippen molar-refractivity contribution in [2.24, 2.45) is 0 Å². The van der Waals surface area contributed by atoms with E-state index in [-0.39, 0.29) is 56.4 Å². The van der Waals surface area contributed by atoms with Crippen molar-refractivity contribution < 1.29 is 61.2 Å². The summed E-state index contributed by atoms with van der Waals surface area (Å²) in [6.07, 6.45) is 0. The van der Waals surface area contributed by atoms with Crippen molar-refractivity contribution in [2.45, 2.75) is 0 Å². The van der Waals surface area contributed by atoms with E-state index in [0.717, 1.165) is 0 Å². The number of nitrogens with zero attached hydrogens (tertiary/aromatic N) is 2. The van der Waals surface area contributed by atoms with Crippen molar-refractivity contribution in [2.75, 3.05) is 0 Å². The molecule has 0 aromatic carbocycles. The van der Waals surface area contributed by atoms with Crippen molar-refractivity contribution in [3.05, 3.63) is 41.3 Å². The molecule has 0 radical (unpaired) electrons. The van der Waals surface area contributed by atoms with E-state index in [0.29, 0.717) is 0 Å². The molecule has 10 heteroatoms. The molecule has 0 amide bonds. The van der Waals surface area contributed by atoms with Crippen LogP contribution < -0.4 is 51.4 Å². The molecule has 1 aliphatic carbocycles. The van der Waals surface area contributed by atoms with Crippen LogP contribution >= 0.6 is 34.8 Å². The van der Waals surface area contributed by atoms with Gasteiger partial charge < -0.3 is 10.4 Å². The van der Waals surface area contributed by atoms with Gasteiger partial charge in [0.1, 0.15) is 10.1 Å². The molecule has 0 heterocycles. The summed E-state index contributed by atoms with van der Waals surface area (Å²) in [5.74, 6) is 0. The average molecular weight is 298 g/mol. The van der Waals surface area contributed by atoms with Crippen LogP contribution in [-0.4, -0.2) is 15.5 Å². The Morgan fingerprint density at radius 1 is 0.933 bits per heavy atom. The maximum atomic E-state index is 10.4. The van der Waals surface area contributed by atoms with Gasteiger partial charge >= 0.3 is 62.8 Å². The molecule has 0 spiro atoms. The molecule has 15 heavy (non-hydrogen) atoms. The second kappa shape index (κ2) is 5.83. The van der Waals surface area contributed by atoms with Crippen LogP contribution in [-0.2, 0) is 0 Å². The molecule has 76 valence electrons. The summed E-state index contributed by atoms with van der Waals surface area (Å²) < 4.78 is 0. The Labute approximate surface area is 141 Å². The first kappa shape index (κ1) is 15.7. The predicted octanol–water partition coefficient (Wildman–Crippen LogP) is -1.13. The zero-order chi connectivity index (χ0) is 11.0. The molecule has 0 fully saturated rings. The molecule has 0 aromatic heterocycles. The average Bonchev–Trinajstić information content (AvgIpc) is 2.29. The molecule has 0 unspecified atom stereocenters. The second-order valence-corrected chi connectivity index (χ2v) is 3.29. The zero-order valence-electron chi connectivity index (χ0n) is 7.16. The summed E-state index contributed by atoms with van der Waals surface area (Å²) >= 11 is 16.2. The van der Waals surface area contributed by atoms with Gasteiger partial charge in [-0.2, -0.15) is 4.90 Å². The number of hydrogen-bond acceptors (Lipinski definition) is 4. The monoisotopic (exact) mass is 296 g/mol. The Bertz CT molecular complexity index is 413. The first-order valence-corrected chi connectivity index (χ1v) is 4.13. The topological polar surface area (TPSA) is 92.3 Å². The normalized spacial score (nSPS) is 15.5. The van der Waals surface area contributed by atoms with Gasteiger partial charge in [-0.25, -0.2) is 0 Å². The molecule has 1 rings (SSSR count). The van der Waals surface area contributed by atoms with E-state index in [1.165, 1.54) is 0 Å². The standard InChI is InChI=1S/C5Cl3N2O4.K/c6-1-2(7)4(9(11)12)5(3(1)8)10(13)14;/q-1;+1. The van der Waals surface area contributed by atoms with Crippen molar-refractivity contribution >= 4 is 40.5 Å². The summed E-state index contributed by atoms with van der Waals surface area (Å²) in [6.45, 7) is 0. The summed E-state index contributed by atoms with van der Waals surface area (Å²) in [6, 6.07) is 0. The summed E-state index contributed by atoms with van der Waals surface area (Å²) in [4.78, 5) is 8.41. The molecule has 0 aliphatic heterocycles. The molecule has 1 aliphatic rings. The molecule has 0 atom stereocenters. The van der Waals surface area contributed by atoms with Gasteiger partial charge in [0.15, 0.2) is 0 Å². The van der Waals surface area contributed by atoms with Gasteiger partial charge in [0.25, 0.3) is 0 Å². The number of rotatable bonds is 1. The fraction of sp³-hybridized carbons (Fsp3) is 0. The molecule has 0 N–H and O–H groups in total. The van der Waals surface area contributed by atoms with E-state index < -0.39 is 31.3 Å². The first-order valence-electron chi connectivity index (χ1n) is 2.99. The van der Waals surface area contributed by atoms with Crippen LogP contribution in [0.1, 0.15) is 0 Å². The van der Waals surface area contributed by atoms with Crippen molar-refractivity contribution in [1.29, 1.82) is 0 Å². The van der Waals surface area contributed by atoms with E-state index in [9.17, 15) is 20.5 Å². The number of nitro groups is 1. The Morgan fingerprint density at radius 2 is 1.40 bits per heavy atom. The van der Waals surface area contributed by atoms with Crippen LogP contribution in [0.2, 0.25) is 0 Å². The van der Waals surface area contributed by atoms with Crippen molar-refractivity contribution in [3.8, 4) is 0 Å². The van der Waals surface area contributed by atoms with E-state index in [4.69, 9.17) is 34.8 Å². The first-order chi connectivity index (χ1) is 6.37. The van der Waals surface area contributed by atoms with Gasteiger partial charge in [-0.05, 0) is 0 Å². The van der Waals surface area contributed by atoms with Gasteiger partial charge in [0, 0.05) is 0 Å². The van der Waals surface area contributed by atoms with Gasteiger partial charge in [0.2, 0.25) is 0 Å². The number of halogens is 3. The number of allylic oxidation sites excluding steroid dienone is 3. The Kier molecular flexibility index (Phi) is 6.08. The van der Waals surface area contributed by atoms with Gasteiger partial charge in [0.05, 0.1) is 9.96 Å². The van der Waals surface area contributed by atoms with E-state index >= 15 is 0 Å². The fourth-order valence-electron chi connectivity index (χ4n) is 0.845. The molecular weight excluding hydrogens is 298 g/mol. The molecule has 0 bridgehead atoms. The Balaban J connectivity index is 0.00000196. The minimum absolute atomic E-state index is 0. The van der Waals surface area contributed by atoms with Crippen LogP contribution in [0.3, 0.4) is 0 Å². The van der Waals surface area contributed by atoms with Crippen LogP contribution in [0.4, 0.5) is 0 Å². The maximum Gasteiger partial charge on any atom is 1.00 e.